The van der Waals surface area contributed by atoms with E-state index >= 15 is 0 Å². The largest absolute Gasteiger partial charge is 0.379 e. The van der Waals surface area contributed by atoms with E-state index in [2.05, 4.69) is 44.2 Å². The molecule has 0 radical (unpaired) electrons. The van der Waals surface area contributed by atoms with E-state index in [1.165, 1.54) is 11.1 Å². The molecule has 0 bridgehead atoms. The van der Waals surface area contributed by atoms with Crippen molar-refractivity contribution in [2.45, 2.75) is 45.4 Å². The summed E-state index contributed by atoms with van der Waals surface area (Å²) in [5.41, 5.74) is 2.06. The van der Waals surface area contributed by atoms with Gasteiger partial charge in [-0.05, 0) is 37.3 Å². The second kappa shape index (κ2) is 4.98. The predicted molar refractivity (Wildman–Crippen MR) is 77.0 cm³/mol. The van der Waals surface area contributed by atoms with E-state index in [0.29, 0.717) is 19.1 Å². The van der Waals surface area contributed by atoms with Crippen molar-refractivity contribution < 1.29 is 4.74 Å². The third kappa shape index (κ3) is 2.17. The summed E-state index contributed by atoms with van der Waals surface area (Å²) in [6.45, 7) is 9.78. The molecular weight excluding hydrogens is 234 g/mol. The van der Waals surface area contributed by atoms with Gasteiger partial charge in [0.15, 0.2) is 0 Å². The highest BCUT2D eigenvalue weighted by Crippen LogP contribution is 2.47. The Morgan fingerprint density at radius 2 is 1.89 bits per heavy atom. The summed E-state index contributed by atoms with van der Waals surface area (Å²) in [7, 11) is 0. The first-order valence-electron chi connectivity index (χ1n) is 7.06. The van der Waals surface area contributed by atoms with Gasteiger partial charge in [0, 0.05) is 0 Å². The normalized spacial score (nSPS) is 19.3. The van der Waals surface area contributed by atoms with Crippen LogP contribution in [0.2, 0.25) is 0 Å². The lowest BCUT2D eigenvalue weighted by molar-refractivity contribution is -0.102. The van der Waals surface area contributed by atoms with Gasteiger partial charge in [-0.3, -0.25) is 0 Å². The maximum atomic E-state index is 9.43. The molecule has 1 aliphatic heterocycles. The van der Waals surface area contributed by atoms with E-state index < -0.39 is 5.41 Å². The molecule has 102 valence electrons. The van der Waals surface area contributed by atoms with Gasteiger partial charge in [-0.15, -0.1) is 0 Å². The fourth-order valence-corrected chi connectivity index (χ4v) is 2.67. The van der Waals surface area contributed by atoms with Gasteiger partial charge in [0.25, 0.3) is 0 Å². The van der Waals surface area contributed by atoms with Gasteiger partial charge in [0.1, 0.15) is 0 Å². The molecule has 1 saturated heterocycles. The summed E-state index contributed by atoms with van der Waals surface area (Å²) in [6, 6.07) is 11.2. The minimum atomic E-state index is -0.400. The van der Waals surface area contributed by atoms with Gasteiger partial charge in [-0.2, -0.15) is 5.26 Å². The molecule has 0 saturated carbocycles. The van der Waals surface area contributed by atoms with Crippen molar-refractivity contribution in [1.82, 2.24) is 0 Å². The van der Waals surface area contributed by atoms with Crippen molar-refractivity contribution in [2.24, 2.45) is 5.41 Å². The maximum Gasteiger partial charge on any atom is 0.0695 e. The first-order chi connectivity index (χ1) is 8.97. The molecule has 2 nitrogen and oxygen atoms in total. The number of hydrogen-bond acceptors (Lipinski definition) is 2. The number of ether oxygens (including phenoxy) is 1. The smallest absolute Gasteiger partial charge is 0.0695 e. The second-order valence-corrected chi connectivity index (χ2v) is 6.24. The van der Waals surface area contributed by atoms with Crippen LogP contribution in [0.5, 0.6) is 0 Å². The molecule has 2 heteroatoms. The molecule has 1 heterocycles. The van der Waals surface area contributed by atoms with E-state index in [9.17, 15) is 5.26 Å². The summed E-state index contributed by atoms with van der Waals surface area (Å²) >= 11 is 0. The number of rotatable bonds is 4. The van der Waals surface area contributed by atoms with Crippen LogP contribution >= 0.6 is 0 Å². The fraction of sp³-hybridized carbons (Fsp3) is 0.588. The Balaban J connectivity index is 2.33. The minimum absolute atomic E-state index is 0.143. The van der Waals surface area contributed by atoms with Gasteiger partial charge >= 0.3 is 0 Å². The first kappa shape index (κ1) is 14.1. The molecule has 0 aliphatic carbocycles. The van der Waals surface area contributed by atoms with Crippen molar-refractivity contribution in [3.05, 3.63) is 35.4 Å². The molecule has 2 rings (SSSR count). The number of hydrogen-bond donors (Lipinski definition) is 0. The van der Waals surface area contributed by atoms with Gasteiger partial charge in [-0.25, -0.2) is 0 Å². The Hall–Kier alpha value is -1.33. The molecule has 1 aromatic rings. The topological polar surface area (TPSA) is 33.0 Å². The summed E-state index contributed by atoms with van der Waals surface area (Å²) in [5, 5.41) is 9.43. The third-order valence-corrected chi connectivity index (χ3v) is 4.82. The number of benzene rings is 1. The maximum absolute atomic E-state index is 9.43. The summed E-state index contributed by atoms with van der Waals surface area (Å²) in [4.78, 5) is 0. The van der Waals surface area contributed by atoms with Crippen molar-refractivity contribution in [3.63, 3.8) is 0 Å². The first-order valence-corrected chi connectivity index (χ1v) is 7.06. The predicted octanol–water partition coefficient (Wildman–Crippen LogP) is 4.02. The van der Waals surface area contributed by atoms with Crippen LogP contribution in [0.25, 0.3) is 0 Å². The molecule has 1 fully saturated rings. The Morgan fingerprint density at radius 1 is 1.32 bits per heavy atom. The van der Waals surface area contributed by atoms with Crippen LogP contribution < -0.4 is 0 Å². The fourth-order valence-electron chi connectivity index (χ4n) is 2.67. The highest BCUT2D eigenvalue weighted by molar-refractivity contribution is 5.36. The number of nitriles is 1. The standard InChI is InChI=1S/C17H23NO/c1-5-13(2)14-6-8-15(9-7-14)17(11-19-12-17)16(3,4)10-18/h6-9,13H,5,11-12H2,1-4H3. The van der Waals surface area contributed by atoms with Crippen molar-refractivity contribution in [3.8, 4) is 6.07 Å². The van der Waals surface area contributed by atoms with E-state index in [4.69, 9.17) is 4.74 Å². The van der Waals surface area contributed by atoms with Crippen LogP contribution in [0.15, 0.2) is 24.3 Å². The molecule has 1 unspecified atom stereocenters. The molecule has 1 atom stereocenters. The summed E-state index contributed by atoms with van der Waals surface area (Å²) in [6.07, 6.45) is 1.15. The van der Waals surface area contributed by atoms with Crippen LogP contribution in [0.3, 0.4) is 0 Å². The Bertz CT molecular complexity index is 477. The van der Waals surface area contributed by atoms with Crippen LogP contribution in [-0.4, -0.2) is 13.2 Å². The summed E-state index contributed by atoms with van der Waals surface area (Å²) in [5.74, 6) is 0.589. The monoisotopic (exact) mass is 257 g/mol. The highest BCUT2D eigenvalue weighted by atomic mass is 16.5. The lowest BCUT2D eigenvalue weighted by Gasteiger charge is -2.49. The minimum Gasteiger partial charge on any atom is -0.379 e. The van der Waals surface area contributed by atoms with Crippen LogP contribution in [-0.2, 0) is 10.2 Å². The second-order valence-electron chi connectivity index (χ2n) is 6.24. The van der Waals surface area contributed by atoms with Crippen molar-refractivity contribution >= 4 is 0 Å². The lowest BCUT2D eigenvalue weighted by atomic mass is 9.61. The number of nitrogens with zero attached hydrogens (tertiary/aromatic N) is 1. The van der Waals surface area contributed by atoms with Gasteiger partial charge in [-0.1, -0.05) is 38.1 Å². The van der Waals surface area contributed by atoms with Crippen molar-refractivity contribution in [1.29, 1.82) is 5.26 Å². The average molecular weight is 257 g/mol. The molecule has 0 amide bonds. The molecule has 19 heavy (non-hydrogen) atoms. The van der Waals surface area contributed by atoms with E-state index in [1.54, 1.807) is 0 Å². The van der Waals surface area contributed by atoms with Gasteiger partial charge < -0.3 is 4.74 Å². The zero-order chi connectivity index (χ0) is 14.1. The third-order valence-electron chi connectivity index (χ3n) is 4.82. The van der Waals surface area contributed by atoms with Gasteiger partial charge in [0.05, 0.1) is 30.1 Å². The molecule has 0 spiro atoms. The molecule has 0 aromatic heterocycles. The average Bonchev–Trinajstić information content (AvgIpc) is 2.37. The Morgan fingerprint density at radius 3 is 2.26 bits per heavy atom. The molecule has 1 aliphatic rings. The SMILES string of the molecule is CCC(C)c1ccc(C2(C(C)(C)C#N)COC2)cc1. The quantitative estimate of drug-likeness (QED) is 0.816. The van der Waals surface area contributed by atoms with Gasteiger partial charge in [0.2, 0.25) is 0 Å². The summed E-state index contributed by atoms with van der Waals surface area (Å²) < 4.78 is 5.43. The van der Waals surface area contributed by atoms with E-state index in [0.717, 1.165) is 6.42 Å². The van der Waals surface area contributed by atoms with E-state index in [-0.39, 0.29) is 5.41 Å². The van der Waals surface area contributed by atoms with Crippen molar-refractivity contribution in [2.75, 3.05) is 13.2 Å². The molecule has 1 aromatic carbocycles. The van der Waals surface area contributed by atoms with Crippen LogP contribution in [0.4, 0.5) is 0 Å². The van der Waals surface area contributed by atoms with Crippen LogP contribution in [0, 0.1) is 16.7 Å². The Labute approximate surface area is 116 Å². The van der Waals surface area contributed by atoms with Crippen LogP contribution in [0.1, 0.15) is 51.2 Å². The lowest BCUT2D eigenvalue weighted by Crippen LogP contribution is -2.56. The highest BCUT2D eigenvalue weighted by Gasteiger charge is 2.52. The molecule has 0 N–H and O–H groups in total. The zero-order valence-corrected chi connectivity index (χ0v) is 12.4. The zero-order valence-electron chi connectivity index (χ0n) is 12.4. The molecular formula is C17H23NO. The van der Waals surface area contributed by atoms with E-state index in [1.807, 2.05) is 13.8 Å². The Kier molecular flexibility index (Phi) is 3.69.